The molecule has 4 aromatic heterocycles. The number of esters is 1. The minimum Gasteiger partial charge on any atom is -0.478 e. The number of nitrogens with one attached hydrogen (secondary N) is 1. The highest BCUT2D eigenvalue weighted by molar-refractivity contribution is 5.91. The van der Waals surface area contributed by atoms with E-state index in [-0.39, 0.29) is 48.3 Å². The second-order valence-corrected chi connectivity index (χ2v) is 14.2. The lowest BCUT2D eigenvalue weighted by atomic mass is 9.69. The Morgan fingerprint density at radius 2 is 1.79 bits per heavy atom. The number of fused-ring (bicyclic) bond motifs is 3. The minimum absolute atomic E-state index is 0.0206. The molecule has 284 valence electrons. The van der Waals surface area contributed by atoms with Gasteiger partial charge in [0.2, 0.25) is 5.88 Å². The van der Waals surface area contributed by atoms with Crippen molar-refractivity contribution in [3.8, 4) is 28.7 Å². The van der Waals surface area contributed by atoms with Crippen LogP contribution in [-0.4, -0.2) is 101 Å². The summed E-state index contributed by atoms with van der Waals surface area (Å²) in [5.74, 6) is 0.368. The van der Waals surface area contributed by atoms with Crippen LogP contribution in [0.15, 0.2) is 30.7 Å². The summed E-state index contributed by atoms with van der Waals surface area (Å²) in [6.07, 6.45) is 6.78. The molecule has 2 aliphatic heterocycles. The van der Waals surface area contributed by atoms with Crippen LogP contribution in [0.3, 0.4) is 0 Å². The Kier molecular flexibility index (Phi) is 10.4. The Labute approximate surface area is 305 Å². The highest BCUT2D eigenvalue weighted by Crippen LogP contribution is 2.44. The van der Waals surface area contributed by atoms with Gasteiger partial charge in [0.25, 0.3) is 0 Å². The summed E-state index contributed by atoms with van der Waals surface area (Å²) >= 11 is 0. The van der Waals surface area contributed by atoms with Crippen LogP contribution in [0.4, 0.5) is 24.7 Å². The van der Waals surface area contributed by atoms with E-state index < -0.39 is 17.6 Å². The number of imidazole rings is 1. The Morgan fingerprint density at radius 1 is 1.02 bits per heavy atom. The largest absolute Gasteiger partial charge is 0.478 e. The van der Waals surface area contributed by atoms with Gasteiger partial charge in [-0.15, -0.1) is 0 Å². The van der Waals surface area contributed by atoms with Gasteiger partial charge >= 0.3 is 12.1 Å². The Hall–Kier alpha value is -4.57. The maximum absolute atomic E-state index is 14.1. The zero-order valence-corrected chi connectivity index (χ0v) is 30.4. The number of pyridine rings is 2. The number of piperidine rings is 1. The topological polar surface area (TPSA) is 141 Å². The molecule has 0 spiro atoms. The third-order valence-electron chi connectivity index (χ3n) is 10.6. The van der Waals surface area contributed by atoms with Gasteiger partial charge in [-0.2, -0.15) is 13.2 Å². The third-order valence-corrected chi connectivity index (χ3v) is 10.6. The van der Waals surface area contributed by atoms with Crippen LogP contribution in [0.1, 0.15) is 64.4 Å². The van der Waals surface area contributed by atoms with Crippen molar-refractivity contribution in [1.29, 1.82) is 0 Å². The molecule has 3 aliphatic rings. The second-order valence-electron chi connectivity index (χ2n) is 14.2. The molecule has 13 nitrogen and oxygen atoms in total. The molecule has 3 atom stereocenters. The average Bonchev–Trinajstić information content (AvgIpc) is 3.67. The Balaban J connectivity index is 1.19. The number of aromatic amines is 1. The number of methoxy groups -OCH3 is 1. The zero-order valence-electron chi connectivity index (χ0n) is 30.4. The standard InChI is InChI=1S/C37H45F3N8O5/c1-5-51-31(49)19-53-25-13-23-8-9-24(14-25)48(23)30-18-41-28(17-42-30)33-45-32-29(47(3)20-36(21-50-4)10-7-11-36)15-27(44-34(32)46-33)22-12-26(37(38,39)40)35(43-16-22)52-6-2/h12,15-18,23-25H,5-11,13-14,19-21H2,1-4H3,(H,44,45,46)/t23-,24+,25?. The molecule has 53 heavy (non-hydrogen) atoms. The van der Waals surface area contributed by atoms with Crippen LogP contribution in [0.5, 0.6) is 5.88 Å². The van der Waals surface area contributed by atoms with Gasteiger partial charge in [0.1, 0.15) is 29.2 Å². The monoisotopic (exact) mass is 738 g/mol. The van der Waals surface area contributed by atoms with Crippen molar-refractivity contribution < 1.29 is 36.9 Å². The highest BCUT2D eigenvalue weighted by Gasteiger charge is 2.42. The fourth-order valence-electron chi connectivity index (χ4n) is 8.11. The molecule has 0 radical (unpaired) electrons. The van der Waals surface area contributed by atoms with E-state index in [0.29, 0.717) is 48.1 Å². The quantitative estimate of drug-likeness (QED) is 0.147. The highest BCUT2D eigenvalue weighted by atomic mass is 19.4. The molecular formula is C37H45F3N8O5. The van der Waals surface area contributed by atoms with Gasteiger partial charge in [0.05, 0.1) is 49.7 Å². The molecule has 2 bridgehead atoms. The molecule has 0 aromatic carbocycles. The molecule has 0 amide bonds. The number of anilines is 2. The molecule has 1 saturated carbocycles. The van der Waals surface area contributed by atoms with Crippen molar-refractivity contribution in [2.24, 2.45) is 5.41 Å². The molecule has 2 saturated heterocycles. The fourth-order valence-corrected chi connectivity index (χ4v) is 8.11. The van der Waals surface area contributed by atoms with E-state index in [9.17, 15) is 18.0 Å². The first-order valence-corrected chi connectivity index (χ1v) is 18.2. The van der Waals surface area contributed by atoms with Gasteiger partial charge in [0, 0.05) is 50.0 Å². The fraction of sp³-hybridized carbons (Fsp3) is 0.568. The van der Waals surface area contributed by atoms with Gasteiger partial charge in [0.15, 0.2) is 11.5 Å². The van der Waals surface area contributed by atoms with Crippen LogP contribution >= 0.6 is 0 Å². The molecule has 7 rings (SSSR count). The first kappa shape index (κ1) is 36.8. The van der Waals surface area contributed by atoms with E-state index in [1.54, 1.807) is 39.4 Å². The van der Waals surface area contributed by atoms with Crippen molar-refractivity contribution in [1.82, 2.24) is 29.9 Å². The number of H-pyrrole nitrogens is 1. The third kappa shape index (κ3) is 7.61. The van der Waals surface area contributed by atoms with Crippen LogP contribution in [-0.2, 0) is 25.2 Å². The molecule has 1 aliphatic carbocycles. The lowest BCUT2D eigenvalue weighted by Crippen LogP contribution is -2.46. The summed E-state index contributed by atoms with van der Waals surface area (Å²) in [6, 6.07) is 3.24. The molecule has 16 heteroatoms. The number of halogens is 3. The summed E-state index contributed by atoms with van der Waals surface area (Å²) in [7, 11) is 3.66. The number of hydrogen-bond donors (Lipinski definition) is 1. The number of hydrogen-bond acceptors (Lipinski definition) is 12. The number of nitrogens with zero attached hydrogens (tertiary/aromatic N) is 7. The van der Waals surface area contributed by atoms with Crippen LogP contribution < -0.4 is 14.5 Å². The SMILES string of the molecule is CCOC(=O)COC1C[C@H]2CC[C@@H](C1)N2c1cnc(-c2nc3nc(-c4cnc(OCC)c(C(F)(F)F)c4)cc(N(C)CC4(COC)CCC4)c3[nH]2)cn1. The van der Waals surface area contributed by atoms with Crippen molar-refractivity contribution in [3.63, 3.8) is 0 Å². The number of ether oxygens (including phenoxy) is 4. The van der Waals surface area contributed by atoms with Crippen molar-refractivity contribution in [3.05, 3.63) is 36.3 Å². The normalized spacial score (nSPS) is 20.7. The van der Waals surface area contributed by atoms with Gasteiger partial charge < -0.3 is 33.7 Å². The van der Waals surface area contributed by atoms with E-state index in [2.05, 4.69) is 19.8 Å². The zero-order chi connectivity index (χ0) is 37.3. The molecule has 6 heterocycles. The lowest BCUT2D eigenvalue weighted by molar-refractivity contribution is -0.151. The number of aromatic nitrogens is 6. The second kappa shape index (κ2) is 15.0. The van der Waals surface area contributed by atoms with Crippen molar-refractivity contribution in [2.45, 2.75) is 83.2 Å². The molecule has 4 aromatic rings. The van der Waals surface area contributed by atoms with Gasteiger partial charge in [-0.1, -0.05) is 6.42 Å². The summed E-state index contributed by atoms with van der Waals surface area (Å²) in [6.45, 7) is 4.99. The number of carbonyl (C=O) groups is 1. The lowest BCUT2D eigenvalue weighted by Gasteiger charge is -2.44. The van der Waals surface area contributed by atoms with E-state index in [4.69, 9.17) is 38.9 Å². The predicted molar refractivity (Wildman–Crippen MR) is 191 cm³/mol. The number of carbonyl (C=O) groups excluding carboxylic acids is 1. The summed E-state index contributed by atoms with van der Waals surface area (Å²) < 4.78 is 64.0. The molecule has 1 N–H and O–H groups in total. The smallest absolute Gasteiger partial charge is 0.421 e. The maximum atomic E-state index is 14.1. The molecule has 3 fully saturated rings. The summed E-state index contributed by atoms with van der Waals surface area (Å²) in [5, 5.41) is 0. The summed E-state index contributed by atoms with van der Waals surface area (Å²) in [4.78, 5) is 42.7. The first-order chi connectivity index (χ1) is 25.5. The minimum atomic E-state index is -4.67. The Morgan fingerprint density at radius 3 is 2.42 bits per heavy atom. The molecule has 1 unspecified atom stereocenters. The van der Waals surface area contributed by atoms with Crippen LogP contribution in [0, 0.1) is 5.41 Å². The van der Waals surface area contributed by atoms with E-state index in [0.717, 1.165) is 62.5 Å². The van der Waals surface area contributed by atoms with E-state index >= 15 is 0 Å². The van der Waals surface area contributed by atoms with Gasteiger partial charge in [-0.3, -0.25) is 0 Å². The number of alkyl halides is 3. The van der Waals surface area contributed by atoms with E-state index in [1.807, 2.05) is 7.05 Å². The Bertz CT molecular complexity index is 1900. The van der Waals surface area contributed by atoms with Gasteiger partial charge in [-0.25, -0.2) is 29.7 Å². The first-order valence-electron chi connectivity index (χ1n) is 18.2. The van der Waals surface area contributed by atoms with E-state index in [1.165, 1.54) is 6.20 Å². The van der Waals surface area contributed by atoms with Crippen LogP contribution in [0.2, 0.25) is 0 Å². The van der Waals surface area contributed by atoms with Gasteiger partial charge in [-0.05, 0) is 64.5 Å². The van der Waals surface area contributed by atoms with Crippen molar-refractivity contribution in [2.75, 3.05) is 56.9 Å². The van der Waals surface area contributed by atoms with Crippen LogP contribution in [0.25, 0.3) is 33.9 Å². The summed E-state index contributed by atoms with van der Waals surface area (Å²) in [5.41, 5.74) is 1.65. The predicted octanol–water partition coefficient (Wildman–Crippen LogP) is 6.23. The average molecular weight is 739 g/mol. The van der Waals surface area contributed by atoms with Crippen molar-refractivity contribution >= 4 is 28.6 Å². The maximum Gasteiger partial charge on any atom is 0.421 e. The molecular weight excluding hydrogens is 693 g/mol. The number of rotatable bonds is 14.